The van der Waals surface area contributed by atoms with Gasteiger partial charge < -0.3 is 4.74 Å². The first-order chi connectivity index (χ1) is 13.6. The van der Waals surface area contributed by atoms with E-state index in [0.29, 0.717) is 33.0 Å². The SMILES string of the molecule is CCCCCOc1ccc(C(=O)Nc2nc(-c3ccc(Cl)cc3Cl)cs2)cc1. The maximum absolute atomic E-state index is 12.5. The largest absolute Gasteiger partial charge is 0.494 e. The van der Waals surface area contributed by atoms with Gasteiger partial charge in [-0.05, 0) is 48.9 Å². The number of unbranched alkanes of at least 4 members (excludes halogenated alkanes) is 2. The molecule has 0 aliphatic rings. The molecule has 1 aromatic heterocycles. The van der Waals surface area contributed by atoms with Crippen molar-refractivity contribution >= 4 is 45.6 Å². The van der Waals surface area contributed by atoms with Gasteiger partial charge in [-0.3, -0.25) is 10.1 Å². The van der Waals surface area contributed by atoms with Crippen LogP contribution in [0.4, 0.5) is 5.13 Å². The topological polar surface area (TPSA) is 51.2 Å². The van der Waals surface area contributed by atoms with Crippen molar-refractivity contribution in [1.29, 1.82) is 0 Å². The fourth-order valence-corrected chi connectivity index (χ4v) is 3.78. The highest BCUT2D eigenvalue weighted by Gasteiger charge is 2.12. The molecule has 1 amide bonds. The molecule has 0 aliphatic heterocycles. The van der Waals surface area contributed by atoms with Gasteiger partial charge in [0.1, 0.15) is 5.75 Å². The number of thiazole rings is 1. The Kier molecular flexibility index (Phi) is 7.31. The van der Waals surface area contributed by atoms with Crippen molar-refractivity contribution < 1.29 is 9.53 Å². The van der Waals surface area contributed by atoms with Crippen molar-refractivity contribution in [2.45, 2.75) is 26.2 Å². The summed E-state index contributed by atoms with van der Waals surface area (Å²) in [6.07, 6.45) is 3.34. The Hall–Kier alpha value is -2.08. The summed E-state index contributed by atoms with van der Waals surface area (Å²) in [5, 5.41) is 6.25. The summed E-state index contributed by atoms with van der Waals surface area (Å²) in [7, 11) is 0. The number of hydrogen-bond donors (Lipinski definition) is 1. The monoisotopic (exact) mass is 434 g/mol. The van der Waals surface area contributed by atoms with Crippen LogP contribution >= 0.6 is 34.5 Å². The number of ether oxygens (including phenoxy) is 1. The van der Waals surface area contributed by atoms with Gasteiger partial charge in [-0.15, -0.1) is 11.3 Å². The molecule has 4 nitrogen and oxygen atoms in total. The van der Waals surface area contributed by atoms with Crippen LogP contribution in [0.25, 0.3) is 11.3 Å². The summed E-state index contributed by atoms with van der Waals surface area (Å²) in [5.41, 5.74) is 2.01. The second-order valence-corrected chi connectivity index (χ2v) is 7.90. The van der Waals surface area contributed by atoms with Crippen molar-refractivity contribution in [2.24, 2.45) is 0 Å². The first-order valence-electron chi connectivity index (χ1n) is 9.02. The zero-order valence-corrected chi connectivity index (χ0v) is 17.7. The van der Waals surface area contributed by atoms with Crippen LogP contribution in [-0.4, -0.2) is 17.5 Å². The molecule has 7 heteroatoms. The van der Waals surface area contributed by atoms with E-state index in [0.717, 1.165) is 30.6 Å². The van der Waals surface area contributed by atoms with Crippen LogP contribution < -0.4 is 10.1 Å². The van der Waals surface area contributed by atoms with Crippen LogP contribution in [0.15, 0.2) is 47.8 Å². The van der Waals surface area contributed by atoms with Crippen LogP contribution in [0.2, 0.25) is 10.0 Å². The normalized spacial score (nSPS) is 10.7. The molecule has 0 aliphatic carbocycles. The molecule has 146 valence electrons. The van der Waals surface area contributed by atoms with Crippen molar-refractivity contribution in [3.05, 3.63) is 63.5 Å². The minimum atomic E-state index is -0.222. The van der Waals surface area contributed by atoms with Crippen LogP contribution in [0.1, 0.15) is 36.5 Å². The van der Waals surface area contributed by atoms with Gasteiger partial charge >= 0.3 is 0 Å². The first-order valence-corrected chi connectivity index (χ1v) is 10.7. The summed E-state index contributed by atoms with van der Waals surface area (Å²) >= 11 is 13.5. The maximum atomic E-state index is 12.5. The molecular formula is C21H20Cl2N2O2S. The van der Waals surface area contributed by atoms with E-state index in [1.807, 2.05) is 23.6 Å². The number of nitrogens with zero attached hydrogens (tertiary/aromatic N) is 1. The van der Waals surface area contributed by atoms with E-state index >= 15 is 0 Å². The zero-order valence-electron chi connectivity index (χ0n) is 15.4. The molecule has 1 N–H and O–H groups in total. The van der Waals surface area contributed by atoms with Gasteiger partial charge in [0.25, 0.3) is 5.91 Å². The Balaban J connectivity index is 1.61. The fraction of sp³-hybridized carbons (Fsp3) is 0.238. The molecule has 28 heavy (non-hydrogen) atoms. The van der Waals surface area contributed by atoms with E-state index < -0.39 is 0 Å². The number of aromatic nitrogens is 1. The number of nitrogens with one attached hydrogen (secondary N) is 1. The number of rotatable bonds is 8. The molecular weight excluding hydrogens is 415 g/mol. The molecule has 0 fully saturated rings. The van der Waals surface area contributed by atoms with Crippen LogP contribution in [0.5, 0.6) is 5.75 Å². The summed E-state index contributed by atoms with van der Waals surface area (Å²) in [4.78, 5) is 16.9. The predicted molar refractivity (Wildman–Crippen MR) is 117 cm³/mol. The lowest BCUT2D eigenvalue weighted by atomic mass is 10.2. The molecule has 2 aromatic carbocycles. The number of carbonyl (C=O) groups excluding carboxylic acids is 1. The van der Waals surface area contributed by atoms with Gasteiger partial charge in [-0.25, -0.2) is 4.98 Å². The van der Waals surface area contributed by atoms with E-state index in [-0.39, 0.29) is 5.91 Å². The van der Waals surface area contributed by atoms with Gasteiger partial charge in [0, 0.05) is 21.5 Å². The lowest BCUT2D eigenvalue weighted by Gasteiger charge is -2.07. The summed E-state index contributed by atoms with van der Waals surface area (Å²) in [6.45, 7) is 2.84. The highest BCUT2D eigenvalue weighted by atomic mass is 35.5. The average Bonchev–Trinajstić information content (AvgIpc) is 3.14. The molecule has 0 saturated heterocycles. The predicted octanol–water partition coefficient (Wildman–Crippen LogP) is 6.94. The van der Waals surface area contributed by atoms with Crippen molar-refractivity contribution in [1.82, 2.24) is 4.98 Å². The van der Waals surface area contributed by atoms with Crippen molar-refractivity contribution in [2.75, 3.05) is 11.9 Å². The van der Waals surface area contributed by atoms with E-state index in [4.69, 9.17) is 27.9 Å². The lowest BCUT2D eigenvalue weighted by Crippen LogP contribution is -2.11. The number of halogens is 2. The number of amides is 1. The quantitative estimate of drug-likeness (QED) is 0.390. The molecule has 0 saturated carbocycles. The molecule has 0 spiro atoms. The van der Waals surface area contributed by atoms with Crippen molar-refractivity contribution in [3.8, 4) is 17.0 Å². The fourth-order valence-electron chi connectivity index (χ4n) is 2.57. The van der Waals surface area contributed by atoms with Gasteiger partial charge in [0.15, 0.2) is 5.13 Å². The Morgan fingerprint density at radius 1 is 1.14 bits per heavy atom. The third-order valence-electron chi connectivity index (χ3n) is 4.06. The summed E-state index contributed by atoms with van der Waals surface area (Å²) in [6, 6.07) is 12.3. The van der Waals surface area contributed by atoms with Gasteiger partial charge in [0.05, 0.1) is 17.3 Å². The van der Waals surface area contributed by atoms with E-state index in [9.17, 15) is 4.79 Å². The smallest absolute Gasteiger partial charge is 0.257 e. The van der Waals surface area contributed by atoms with E-state index in [2.05, 4.69) is 17.2 Å². The van der Waals surface area contributed by atoms with Gasteiger partial charge in [-0.1, -0.05) is 43.0 Å². The second-order valence-electron chi connectivity index (χ2n) is 6.20. The van der Waals surface area contributed by atoms with Gasteiger partial charge in [0.2, 0.25) is 0 Å². The first kappa shape index (κ1) is 20.6. The Morgan fingerprint density at radius 3 is 2.64 bits per heavy atom. The van der Waals surface area contributed by atoms with Crippen LogP contribution in [-0.2, 0) is 0 Å². The molecule has 0 bridgehead atoms. The molecule has 3 aromatic rings. The Bertz CT molecular complexity index is 942. The minimum Gasteiger partial charge on any atom is -0.494 e. The average molecular weight is 435 g/mol. The highest BCUT2D eigenvalue weighted by Crippen LogP contribution is 2.32. The number of carbonyl (C=O) groups is 1. The lowest BCUT2D eigenvalue weighted by molar-refractivity contribution is 0.102. The minimum absolute atomic E-state index is 0.222. The zero-order chi connectivity index (χ0) is 19.9. The maximum Gasteiger partial charge on any atom is 0.257 e. The van der Waals surface area contributed by atoms with E-state index in [1.54, 1.807) is 24.3 Å². The molecule has 1 heterocycles. The molecule has 0 atom stereocenters. The number of benzene rings is 2. The molecule has 3 rings (SSSR count). The third-order valence-corrected chi connectivity index (χ3v) is 5.37. The standard InChI is InChI=1S/C21H20Cl2N2O2S/c1-2-3-4-11-27-16-8-5-14(6-9-16)20(26)25-21-24-19(13-28-21)17-10-7-15(22)12-18(17)23/h5-10,12-13H,2-4,11H2,1H3,(H,24,25,26). The van der Waals surface area contributed by atoms with E-state index in [1.165, 1.54) is 11.3 Å². The summed E-state index contributed by atoms with van der Waals surface area (Å²) in [5.74, 6) is 0.544. The molecule has 0 radical (unpaired) electrons. The molecule has 0 unspecified atom stereocenters. The highest BCUT2D eigenvalue weighted by molar-refractivity contribution is 7.14. The van der Waals surface area contributed by atoms with Crippen molar-refractivity contribution in [3.63, 3.8) is 0 Å². The van der Waals surface area contributed by atoms with Crippen LogP contribution in [0.3, 0.4) is 0 Å². The third kappa shape index (κ3) is 5.47. The number of anilines is 1. The number of hydrogen-bond acceptors (Lipinski definition) is 4. The second kappa shape index (κ2) is 9.92. The Morgan fingerprint density at radius 2 is 1.93 bits per heavy atom. The van der Waals surface area contributed by atoms with Gasteiger partial charge in [-0.2, -0.15) is 0 Å². The Labute approximate surface area is 178 Å². The van der Waals surface area contributed by atoms with Crippen LogP contribution in [0, 0.1) is 0 Å². The summed E-state index contributed by atoms with van der Waals surface area (Å²) < 4.78 is 5.67.